The highest BCUT2D eigenvalue weighted by Crippen LogP contribution is 2.21. The molecule has 2 aromatic rings. The van der Waals surface area contributed by atoms with Crippen LogP contribution in [0.2, 0.25) is 0 Å². The summed E-state index contributed by atoms with van der Waals surface area (Å²) in [6.45, 7) is 4.16. The molecule has 1 aromatic carbocycles. The number of benzene rings is 1. The van der Waals surface area contributed by atoms with Crippen LogP contribution in [0.5, 0.6) is 5.75 Å². The van der Waals surface area contributed by atoms with Crippen molar-refractivity contribution in [2.75, 3.05) is 26.8 Å². The van der Waals surface area contributed by atoms with Crippen molar-refractivity contribution in [1.82, 2.24) is 15.1 Å². The summed E-state index contributed by atoms with van der Waals surface area (Å²) in [7, 11) is 1.54. The molecule has 7 heteroatoms. The highest BCUT2D eigenvalue weighted by atomic mass is 16.5. The number of aryl methyl sites for hydroxylation is 1. The summed E-state index contributed by atoms with van der Waals surface area (Å²) >= 11 is 0. The van der Waals surface area contributed by atoms with Gasteiger partial charge in [0.05, 0.1) is 6.61 Å². The van der Waals surface area contributed by atoms with Gasteiger partial charge in [-0.2, -0.15) is 0 Å². The Bertz CT molecular complexity index is 716. The van der Waals surface area contributed by atoms with E-state index in [0.717, 1.165) is 18.6 Å². The number of piperidine rings is 1. The van der Waals surface area contributed by atoms with Crippen molar-refractivity contribution in [3.8, 4) is 5.75 Å². The van der Waals surface area contributed by atoms with E-state index in [2.05, 4.69) is 10.2 Å². The van der Waals surface area contributed by atoms with Crippen molar-refractivity contribution in [2.24, 2.45) is 5.92 Å². The van der Waals surface area contributed by atoms with Gasteiger partial charge in [0.15, 0.2) is 0 Å². The number of carbonyl (C=O) groups excluding carboxylic acids is 1. The Morgan fingerprint density at radius 1 is 1.40 bits per heavy atom. The minimum Gasteiger partial charge on any atom is -0.493 e. The summed E-state index contributed by atoms with van der Waals surface area (Å²) in [5.74, 6) is 1.26. The molecule has 0 unspecified atom stereocenters. The molecule has 0 spiro atoms. The van der Waals surface area contributed by atoms with Gasteiger partial charge in [-0.15, -0.1) is 10.2 Å². The fourth-order valence-electron chi connectivity index (χ4n) is 2.96. The molecule has 0 radical (unpaired) electrons. The van der Waals surface area contributed by atoms with E-state index < -0.39 is 0 Å². The molecule has 0 N–H and O–H groups in total. The van der Waals surface area contributed by atoms with E-state index in [9.17, 15) is 4.79 Å². The van der Waals surface area contributed by atoms with Crippen LogP contribution in [-0.4, -0.2) is 47.8 Å². The van der Waals surface area contributed by atoms with Crippen molar-refractivity contribution in [3.63, 3.8) is 0 Å². The summed E-state index contributed by atoms with van der Waals surface area (Å²) in [4.78, 5) is 14.3. The van der Waals surface area contributed by atoms with Crippen LogP contribution in [0.15, 0.2) is 28.7 Å². The number of amides is 1. The summed E-state index contributed by atoms with van der Waals surface area (Å²) in [5.41, 5.74) is 1.17. The molecule has 0 aliphatic carbocycles. The molecule has 3 rings (SSSR count). The maximum Gasteiger partial charge on any atom is 0.311 e. The number of carbonyl (C=O) groups is 1. The van der Waals surface area contributed by atoms with Crippen LogP contribution < -0.4 is 4.74 Å². The summed E-state index contributed by atoms with van der Waals surface area (Å²) < 4.78 is 16.2. The summed E-state index contributed by atoms with van der Waals surface area (Å²) in [6, 6.07) is 7.99. The third-order valence-electron chi connectivity index (χ3n) is 4.20. The predicted molar refractivity (Wildman–Crippen MR) is 90.3 cm³/mol. The van der Waals surface area contributed by atoms with Crippen LogP contribution in [0.3, 0.4) is 0 Å². The molecule has 2 heterocycles. The molecule has 134 valence electrons. The van der Waals surface area contributed by atoms with Gasteiger partial charge in [-0.05, 0) is 37.5 Å². The Labute approximate surface area is 146 Å². The number of nitrogens with zero attached hydrogens (tertiary/aromatic N) is 3. The van der Waals surface area contributed by atoms with E-state index >= 15 is 0 Å². The predicted octanol–water partition coefficient (Wildman–Crippen LogP) is 2.46. The smallest absolute Gasteiger partial charge is 0.311 e. The van der Waals surface area contributed by atoms with Gasteiger partial charge in [0, 0.05) is 26.1 Å². The van der Waals surface area contributed by atoms with Gasteiger partial charge in [0.25, 0.3) is 0 Å². The van der Waals surface area contributed by atoms with E-state index in [-0.39, 0.29) is 18.4 Å². The molecular formula is C18H23N3O4. The maximum atomic E-state index is 12.5. The lowest BCUT2D eigenvalue weighted by molar-refractivity contribution is 0.0588. The lowest BCUT2D eigenvalue weighted by Crippen LogP contribution is -2.41. The summed E-state index contributed by atoms with van der Waals surface area (Å²) in [5, 5.41) is 7.63. The molecule has 1 aromatic heterocycles. The monoisotopic (exact) mass is 345 g/mol. The van der Waals surface area contributed by atoms with Gasteiger partial charge in [0.2, 0.25) is 5.89 Å². The van der Waals surface area contributed by atoms with Crippen LogP contribution in [-0.2, 0) is 11.3 Å². The molecule has 1 atom stereocenters. The van der Waals surface area contributed by atoms with Gasteiger partial charge in [-0.25, -0.2) is 0 Å². The zero-order valence-corrected chi connectivity index (χ0v) is 14.6. The third-order valence-corrected chi connectivity index (χ3v) is 4.20. The normalized spacial score (nSPS) is 17.5. The van der Waals surface area contributed by atoms with E-state index in [1.165, 1.54) is 12.7 Å². The van der Waals surface area contributed by atoms with Gasteiger partial charge in [0.1, 0.15) is 12.4 Å². The fraction of sp³-hybridized carbons (Fsp3) is 0.500. The minimum absolute atomic E-state index is 0.0207. The topological polar surface area (TPSA) is 77.7 Å². The average Bonchev–Trinajstić information content (AvgIpc) is 3.09. The second-order valence-electron chi connectivity index (χ2n) is 6.32. The second-order valence-corrected chi connectivity index (χ2v) is 6.32. The average molecular weight is 345 g/mol. The second kappa shape index (κ2) is 8.11. The van der Waals surface area contributed by atoms with Crippen molar-refractivity contribution in [2.45, 2.75) is 26.4 Å². The molecule has 25 heavy (non-hydrogen) atoms. The largest absolute Gasteiger partial charge is 0.493 e. The Balaban J connectivity index is 1.55. The Morgan fingerprint density at radius 2 is 2.28 bits per heavy atom. The van der Waals surface area contributed by atoms with Crippen LogP contribution in [0.25, 0.3) is 0 Å². The Kier molecular flexibility index (Phi) is 5.65. The zero-order chi connectivity index (χ0) is 17.6. The summed E-state index contributed by atoms with van der Waals surface area (Å²) in [6.07, 6.45) is 1.97. The first-order chi connectivity index (χ1) is 12.2. The molecule has 1 saturated heterocycles. The van der Waals surface area contributed by atoms with Gasteiger partial charge >= 0.3 is 11.8 Å². The highest BCUT2D eigenvalue weighted by Gasteiger charge is 2.28. The standard InChI is InChI=1S/C18H23N3O4/c1-13-5-3-7-15(9-13)24-11-14-6-4-8-21(10-14)18(22)17-20-19-16(25-17)12-23-2/h3,5,7,9,14H,4,6,8,10-12H2,1-2H3/t14-/m1/s1. The van der Waals surface area contributed by atoms with E-state index in [0.29, 0.717) is 31.5 Å². The lowest BCUT2D eigenvalue weighted by atomic mass is 9.99. The molecule has 7 nitrogen and oxygen atoms in total. The highest BCUT2D eigenvalue weighted by molar-refractivity contribution is 5.89. The number of rotatable bonds is 6. The quantitative estimate of drug-likeness (QED) is 0.800. The van der Waals surface area contributed by atoms with Crippen molar-refractivity contribution >= 4 is 5.91 Å². The number of hydrogen-bond acceptors (Lipinski definition) is 6. The Morgan fingerprint density at radius 3 is 3.08 bits per heavy atom. The van der Waals surface area contributed by atoms with Crippen molar-refractivity contribution in [3.05, 3.63) is 41.6 Å². The number of methoxy groups -OCH3 is 1. The van der Waals surface area contributed by atoms with Crippen LogP contribution >= 0.6 is 0 Å². The first kappa shape index (κ1) is 17.4. The number of likely N-dealkylation sites (tertiary alicyclic amines) is 1. The lowest BCUT2D eigenvalue weighted by Gasteiger charge is -2.31. The van der Waals surface area contributed by atoms with Crippen LogP contribution in [0.1, 0.15) is 35.0 Å². The minimum atomic E-state index is -0.227. The number of hydrogen-bond donors (Lipinski definition) is 0. The molecule has 1 fully saturated rings. The first-order valence-corrected chi connectivity index (χ1v) is 8.46. The molecule has 1 aliphatic rings. The van der Waals surface area contributed by atoms with Crippen LogP contribution in [0, 0.1) is 12.8 Å². The Hall–Kier alpha value is -2.41. The zero-order valence-electron chi connectivity index (χ0n) is 14.6. The number of ether oxygens (including phenoxy) is 2. The van der Waals surface area contributed by atoms with Gasteiger partial charge in [-0.1, -0.05) is 12.1 Å². The molecule has 1 aliphatic heterocycles. The molecule has 0 bridgehead atoms. The molecule has 0 saturated carbocycles. The number of aromatic nitrogens is 2. The van der Waals surface area contributed by atoms with E-state index in [1.807, 2.05) is 31.2 Å². The van der Waals surface area contributed by atoms with Crippen molar-refractivity contribution in [1.29, 1.82) is 0 Å². The van der Waals surface area contributed by atoms with E-state index in [1.54, 1.807) is 4.90 Å². The maximum absolute atomic E-state index is 12.5. The molecular weight excluding hydrogens is 322 g/mol. The molecule has 1 amide bonds. The van der Waals surface area contributed by atoms with Crippen LogP contribution in [0.4, 0.5) is 0 Å². The van der Waals surface area contributed by atoms with Crippen molar-refractivity contribution < 1.29 is 18.7 Å². The third kappa shape index (κ3) is 4.57. The van der Waals surface area contributed by atoms with E-state index in [4.69, 9.17) is 13.9 Å². The fourth-order valence-corrected chi connectivity index (χ4v) is 2.96. The first-order valence-electron chi connectivity index (χ1n) is 8.46. The van der Waals surface area contributed by atoms with Gasteiger partial charge in [-0.3, -0.25) is 4.79 Å². The SMILES string of the molecule is COCc1nnc(C(=O)N2CCC[C@@H](COc3cccc(C)c3)C2)o1. The van der Waals surface area contributed by atoms with Gasteiger partial charge < -0.3 is 18.8 Å².